The quantitative estimate of drug-likeness (QED) is 0.476. The summed E-state index contributed by atoms with van der Waals surface area (Å²) < 4.78 is 41.7. The van der Waals surface area contributed by atoms with Gasteiger partial charge in [-0.2, -0.15) is 4.31 Å². The summed E-state index contributed by atoms with van der Waals surface area (Å²) >= 11 is 10.6. The molecular weight excluding hydrogens is 513 g/mol. The molecule has 0 atom stereocenters. The fraction of sp³-hybridized carbons (Fsp3) is 0.250. The van der Waals surface area contributed by atoms with Crippen LogP contribution in [0.2, 0.25) is 5.02 Å². The van der Waals surface area contributed by atoms with E-state index in [-0.39, 0.29) is 5.02 Å². The lowest BCUT2D eigenvalue weighted by Crippen LogP contribution is -2.48. The van der Waals surface area contributed by atoms with Gasteiger partial charge < -0.3 is 4.90 Å². The zero-order valence-corrected chi connectivity index (χ0v) is 19.7. The molecule has 1 aromatic heterocycles. The van der Waals surface area contributed by atoms with Crippen molar-refractivity contribution in [1.82, 2.24) is 9.29 Å². The average Bonchev–Trinajstić information content (AvgIpc) is 3.20. The molecule has 0 saturated carbocycles. The summed E-state index contributed by atoms with van der Waals surface area (Å²) in [5, 5.41) is 2.90. The van der Waals surface area contributed by atoms with Crippen LogP contribution >= 0.6 is 38.9 Å². The highest BCUT2D eigenvalue weighted by Gasteiger charge is 2.29. The Morgan fingerprint density at radius 2 is 1.80 bits per heavy atom. The summed E-state index contributed by atoms with van der Waals surface area (Å²) in [4.78, 5) is 7.04. The van der Waals surface area contributed by atoms with Crippen LogP contribution in [0.1, 0.15) is 11.3 Å². The van der Waals surface area contributed by atoms with Crippen LogP contribution in [0, 0.1) is 5.82 Å². The lowest BCUT2D eigenvalue weighted by atomic mass is 10.1. The van der Waals surface area contributed by atoms with Crippen molar-refractivity contribution in [3.63, 3.8) is 0 Å². The Balaban J connectivity index is 1.40. The molecular formula is C20H18BrClFN3O2S2. The lowest BCUT2D eigenvalue weighted by Gasteiger charge is -2.33. The number of sulfonamides is 1. The molecule has 30 heavy (non-hydrogen) atoms. The van der Waals surface area contributed by atoms with E-state index in [0.717, 1.165) is 20.9 Å². The number of nitrogens with zero attached hydrogens (tertiary/aromatic N) is 3. The SMILES string of the molecule is O=S(=O)(c1ccc(Br)cc1)N1CCN(c2nc(Cc3ccc(Cl)c(F)c3)cs2)CC1. The number of hydrogen-bond acceptors (Lipinski definition) is 5. The molecule has 2 heterocycles. The largest absolute Gasteiger partial charge is 0.345 e. The van der Waals surface area contributed by atoms with Crippen molar-refractivity contribution in [3.8, 4) is 0 Å². The van der Waals surface area contributed by atoms with Gasteiger partial charge in [-0.05, 0) is 42.0 Å². The number of thiazole rings is 1. The maximum Gasteiger partial charge on any atom is 0.243 e. The Hall–Kier alpha value is -1.52. The van der Waals surface area contributed by atoms with Gasteiger partial charge in [-0.1, -0.05) is 33.6 Å². The number of hydrogen-bond donors (Lipinski definition) is 0. The molecule has 0 radical (unpaired) electrons. The van der Waals surface area contributed by atoms with Gasteiger partial charge in [0.25, 0.3) is 0 Å². The highest BCUT2D eigenvalue weighted by atomic mass is 79.9. The van der Waals surface area contributed by atoms with E-state index in [1.54, 1.807) is 36.4 Å². The molecule has 1 aliphatic heterocycles. The van der Waals surface area contributed by atoms with Crippen LogP contribution in [0.3, 0.4) is 0 Å². The Bertz CT molecular complexity index is 1150. The van der Waals surface area contributed by atoms with Gasteiger partial charge in [-0.15, -0.1) is 11.3 Å². The van der Waals surface area contributed by atoms with Crippen molar-refractivity contribution in [1.29, 1.82) is 0 Å². The number of anilines is 1. The standard InChI is InChI=1S/C20H18BrClFN3O2S2/c21-15-2-4-17(5-3-15)30(27,28)26-9-7-25(8-10-26)20-24-16(13-29-20)11-14-1-6-18(22)19(23)12-14/h1-6,12-13H,7-11H2. The summed E-state index contributed by atoms with van der Waals surface area (Å²) in [7, 11) is -3.50. The number of halogens is 3. The first-order chi connectivity index (χ1) is 14.3. The van der Waals surface area contributed by atoms with Crippen molar-refractivity contribution < 1.29 is 12.8 Å². The van der Waals surface area contributed by atoms with E-state index in [9.17, 15) is 12.8 Å². The fourth-order valence-electron chi connectivity index (χ4n) is 3.26. The first-order valence-corrected chi connectivity index (χ1v) is 12.7. The van der Waals surface area contributed by atoms with Crippen molar-refractivity contribution in [2.45, 2.75) is 11.3 Å². The fourth-order valence-corrected chi connectivity index (χ4v) is 5.94. The first kappa shape index (κ1) is 21.7. The minimum absolute atomic E-state index is 0.105. The van der Waals surface area contributed by atoms with Crippen LogP contribution in [0.4, 0.5) is 9.52 Å². The Morgan fingerprint density at radius 3 is 2.47 bits per heavy atom. The van der Waals surface area contributed by atoms with E-state index in [1.165, 1.54) is 21.7 Å². The minimum atomic E-state index is -3.50. The zero-order chi connectivity index (χ0) is 21.3. The van der Waals surface area contributed by atoms with Crippen LogP contribution in [0.25, 0.3) is 0 Å². The number of aromatic nitrogens is 1. The van der Waals surface area contributed by atoms with Gasteiger partial charge in [0.1, 0.15) is 5.82 Å². The molecule has 0 unspecified atom stereocenters. The summed E-state index contributed by atoms with van der Waals surface area (Å²) in [5.41, 5.74) is 1.65. The molecule has 3 aromatic rings. The highest BCUT2D eigenvalue weighted by molar-refractivity contribution is 9.10. The van der Waals surface area contributed by atoms with Gasteiger partial charge in [-0.25, -0.2) is 17.8 Å². The van der Waals surface area contributed by atoms with Crippen LogP contribution in [-0.4, -0.2) is 43.9 Å². The topological polar surface area (TPSA) is 53.5 Å². The molecule has 158 valence electrons. The third kappa shape index (κ3) is 4.70. The lowest BCUT2D eigenvalue weighted by molar-refractivity contribution is 0.384. The Morgan fingerprint density at radius 1 is 1.10 bits per heavy atom. The smallest absolute Gasteiger partial charge is 0.243 e. The van der Waals surface area contributed by atoms with E-state index >= 15 is 0 Å². The normalized spacial score (nSPS) is 15.5. The van der Waals surface area contributed by atoms with Crippen molar-refractivity contribution in [3.05, 3.63) is 74.4 Å². The summed E-state index contributed by atoms with van der Waals surface area (Å²) in [5.74, 6) is -0.437. The van der Waals surface area contributed by atoms with E-state index in [1.807, 2.05) is 5.38 Å². The minimum Gasteiger partial charge on any atom is -0.345 e. The third-order valence-electron chi connectivity index (χ3n) is 4.87. The van der Waals surface area contributed by atoms with Crippen molar-refractivity contribution >= 4 is 54.0 Å². The van der Waals surface area contributed by atoms with E-state index in [0.29, 0.717) is 37.5 Å². The van der Waals surface area contributed by atoms with Gasteiger partial charge in [0.15, 0.2) is 5.13 Å². The van der Waals surface area contributed by atoms with Crippen LogP contribution in [0.15, 0.2) is 57.2 Å². The molecule has 0 aliphatic carbocycles. The maximum atomic E-state index is 13.6. The molecule has 0 N–H and O–H groups in total. The second-order valence-corrected chi connectivity index (χ2v) is 11.0. The maximum absolute atomic E-state index is 13.6. The predicted octanol–water partition coefficient (Wildman–Crippen LogP) is 4.80. The summed E-state index contributed by atoms with van der Waals surface area (Å²) in [6.07, 6.45) is 0.516. The van der Waals surface area contributed by atoms with Crippen molar-refractivity contribution in [2.75, 3.05) is 31.1 Å². The highest BCUT2D eigenvalue weighted by Crippen LogP contribution is 2.26. The molecule has 1 saturated heterocycles. The van der Waals surface area contributed by atoms with Crippen LogP contribution in [0.5, 0.6) is 0 Å². The summed E-state index contributed by atoms with van der Waals surface area (Å²) in [6.45, 7) is 1.93. The molecule has 1 fully saturated rings. The monoisotopic (exact) mass is 529 g/mol. The average molecular weight is 531 g/mol. The first-order valence-electron chi connectivity index (χ1n) is 9.22. The van der Waals surface area contributed by atoms with Crippen molar-refractivity contribution in [2.24, 2.45) is 0 Å². The van der Waals surface area contributed by atoms with Gasteiger partial charge in [0.05, 0.1) is 15.6 Å². The molecule has 0 bridgehead atoms. The van der Waals surface area contributed by atoms with Crippen LogP contribution in [-0.2, 0) is 16.4 Å². The van der Waals surface area contributed by atoms with Gasteiger partial charge in [0.2, 0.25) is 10.0 Å². The number of benzene rings is 2. The second-order valence-electron chi connectivity index (χ2n) is 6.89. The summed E-state index contributed by atoms with van der Waals surface area (Å²) in [6, 6.07) is 11.4. The molecule has 0 amide bonds. The third-order valence-corrected chi connectivity index (χ3v) is 8.57. The number of piperazine rings is 1. The molecule has 0 spiro atoms. The molecule has 4 rings (SSSR count). The Kier molecular flexibility index (Phi) is 6.45. The van der Waals surface area contributed by atoms with E-state index in [2.05, 4.69) is 25.8 Å². The predicted molar refractivity (Wildman–Crippen MR) is 121 cm³/mol. The Labute approximate surface area is 192 Å². The molecule has 1 aliphatic rings. The van der Waals surface area contributed by atoms with Crippen LogP contribution < -0.4 is 4.90 Å². The second kappa shape index (κ2) is 8.92. The zero-order valence-electron chi connectivity index (χ0n) is 15.8. The molecule has 5 nitrogen and oxygen atoms in total. The molecule has 2 aromatic carbocycles. The van der Waals surface area contributed by atoms with E-state index in [4.69, 9.17) is 11.6 Å². The van der Waals surface area contributed by atoms with Gasteiger partial charge in [-0.3, -0.25) is 0 Å². The number of rotatable bonds is 5. The van der Waals surface area contributed by atoms with Gasteiger partial charge >= 0.3 is 0 Å². The molecule has 10 heteroatoms. The van der Waals surface area contributed by atoms with Gasteiger partial charge in [0, 0.05) is 42.5 Å². The van der Waals surface area contributed by atoms with E-state index < -0.39 is 15.8 Å².